The molecule has 1 amide bonds. The van der Waals surface area contributed by atoms with Gasteiger partial charge in [0.05, 0.1) is 12.5 Å². The molecule has 1 aromatic carbocycles. The first-order valence-corrected chi connectivity index (χ1v) is 7.19. The molecule has 5 nitrogen and oxygen atoms in total. The monoisotopic (exact) mass is 292 g/mol. The highest BCUT2D eigenvalue weighted by Gasteiger charge is 2.21. The SMILES string of the molecule is CCN(CCC(=O)O)C(C)C(=O)Nc1cccc(C)c1C. The Morgan fingerprint density at radius 1 is 1.33 bits per heavy atom. The van der Waals surface area contributed by atoms with Gasteiger partial charge in [-0.1, -0.05) is 19.1 Å². The van der Waals surface area contributed by atoms with Gasteiger partial charge in [-0.2, -0.15) is 0 Å². The molecule has 1 unspecified atom stereocenters. The zero-order valence-electron chi connectivity index (χ0n) is 13.1. The van der Waals surface area contributed by atoms with Crippen LogP contribution in [-0.2, 0) is 9.59 Å². The Hall–Kier alpha value is -1.88. The molecule has 0 aromatic heterocycles. The van der Waals surface area contributed by atoms with Crippen LogP contribution in [0.1, 0.15) is 31.4 Å². The molecule has 0 saturated carbocycles. The molecule has 116 valence electrons. The standard InChI is InChI=1S/C16H24N2O3/c1-5-18(10-9-15(19)20)13(4)16(21)17-14-8-6-7-11(2)12(14)3/h6-8,13H,5,9-10H2,1-4H3,(H,17,21)(H,19,20). The van der Waals surface area contributed by atoms with Crippen molar-refractivity contribution >= 4 is 17.6 Å². The van der Waals surface area contributed by atoms with E-state index in [1.54, 1.807) is 6.92 Å². The van der Waals surface area contributed by atoms with Crippen molar-refractivity contribution in [3.05, 3.63) is 29.3 Å². The molecule has 0 fully saturated rings. The van der Waals surface area contributed by atoms with Gasteiger partial charge >= 0.3 is 5.97 Å². The van der Waals surface area contributed by atoms with Crippen LogP contribution in [0.3, 0.4) is 0 Å². The maximum absolute atomic E-state index is 12.3. The number of amides is 1. The molecule has 0 saturated heterocycles. The van der Waals surface area contributed by atoms with Gasteiger partial charge in [-0.05, 0) is 44.5 Å². The Kier molecular flexibility index (Phi) is 6.37. The highest BCUT2D eigenvalue weighted by molar-refractivity contribution is 5.95. The highest BCUT2D eigenvalue weighted by Crippen LogP contribution is 2.18. The second kappa shape index (κ2) is 7.78. The van der Waals surface area contributed by atoms with Crippen LogP contribution >= 0.6 is 0 Å². The number of carbonyl (C=O) groups excluding carboxylic acids is 1. The zero-order chi connectivity index (χ0) is 16.0. The number of hydrogen-bond acceptors (Lipinski definition) is 3. The Labute approximate surface area is 126 Å². The number of rotatable bonds is 7. The minimum Gasteiger partial charge on any atom is -0.481 e. The number of hydrogen-bond donors (Lipinski definition) is 2. The third-order valence-corrected chi connectivity index (χ3v) is 3.81. The van der Waals surface area contributed by atoms with Gasteiger partial charge in [0.2, 0.25) is 5.91 Å². The van der Waals surface area contributed by atoms with Crippen molar-refractivity contribution in [3.63, 3.8) is 0 Å². The van der Waals surface area contributed by atoms with Crippen molar-refractivity contribution in [1.82, 2.24) is 4.90 Å². The van der Waals surface area contributed by atoms with Gasteiger partial charge in [-0.15, -0.1) is 0 Å². The lowest BCUT2D eigenvalue weighted by Crippen LogP contribution is -2.43. The Morgan fingerprint density at radius 2 is 2.00 bits per heavy atom. The summed E-state index contributed by atoms with van der Waals surface area (Å²) in [6.07, 6.45) is 0.0366. The number of benzene rings is 1. The number of aliphatic carboxylic acids is 1. The van der Waals surface area contributed by atoms with Crippen LogP contribution in [0, 0.1) is 13.8 Å². The van der Waals surface area contributed by atoms with Crippen LogP contribution in [0.4, 0.5) is 5.69 Å². The van der Waals surface area contributed by atoms with Gasteiger partial charge < -0.3 is 10.4 Å². The first kappa shape index (κ1) is 17.2. The van der Waals surface area contributed by atoms with Gasteiger partial charge in [0.25, 0.3) is 0 Å². The van der Waals surface area contributed by atoms with Crippen LogP contribution < -0.4 is 5.32 Å². The Morgan fingerprint density at radius 3 is 2.57 bits per heavy atom. The number of nitrogens with one attached hydrogen (secondary N) is 1. The molecule has 5 heteroatoms. The molecule has 0 bridgehead atoms. The van der Waals surface area contributed by atoms with Gasteiger partial charge in [0.1, 0.15) is 0 Å². The zero-order valence-corrected chi connectivity index (χ0v) is 13.1. The van der Waals surface area contributed by atoms with E-state index in [4.69, 9.17) is 5.11 Å². The minimum absolute atomic E-state index is 0.0366. The molecule has 0 radical (unpaired) electrons. The summed E-state index contributed by atoms with van der Waals surface area (Å²) < 4.78 is 0. The third-order valence-electron chi connectivity index (χ3n) is 3.81. The number of carboxylic acid groups (broad SMARTS) is 1. The van der Waals surface area contributed by atoms with Crippen molar-refractivity contribution in [2.75, 3.05) is 18.4 Å². The van der Waals surface area contributed by atoms with Crippen molar-refractivity contribution in [2.45, 2.75) is 40.2 Å². The van der Waals surface area contributed by atoms with Crippen LogP contribution in [0.2, 0.25) is 0 Å². The van der Waals surface area contributed by atoms with Crippen molar-refractivity contribution in [2.24, 2.45) is 0 Å². The van der Waals surface area contributed by atoms with Crippen LogP contribution in [0.5, 0.6) is 0 Å². The van der Waals surface area contributed by atoms with Crippen LogP contribution in [0.25, 0.3) is 0 Å². The van der Waals surface area contributed by atoms with Crippen LogP contribution in [-0.4, -0.2) is 41.0 Å². The van der Waals surface area contributed by atoms with Gasteiger partial charge in [-0.3, -0.25) is 14.5 Å². The maximum Gasteiger partial charge on any atom is 0.304 e. The topological polar surface area (TPSA) is 69.6 Å². The van der Waals surface area contributed by atoms with Gasteiger partial charge in [0.15, 0.2) is 0 Å². The van der Waals surface area contributed by atoms with E-state index in [1.165, 1.54) is 0 Å². The second-order valence-corrected chi connectivity index (χ2v) is 5.19. The van der Waals surface area contributed by atoms with E-state index < -0.39 is 5.97 Å². The predicted octanol–water partition coefficient (Wildman–Crippen LogP) is 2.43. The second-order valence-electron chi connectivity index (χ2n) is 5.19. The lowest BCUT2D eigenvalue weighted by Gasteiger charge is -2.26. The molecular formula is C16H24N2O3. The summed E-state index contributed by atoms with van der Waals surface area (Å²) in [4.78, 5) is 24.8. The fourth-order valence-electron chi connectivity index (χ4n) is 2.15. The summed E-state index contributed by atoms with van der Waals surface area (Å²) in [5, 5.41) is 11.7. The summed E-state index contributed by atoms with van der Waals surface area (Å²) in [6, 6.07) is 5.42. The summed E-state index contributed by atoms with van der Waals surface area (Å²) in [6.45, 7) is 8.69. The molecular weight excluding hydrogens is 268 g/mol. The molecule has 1 aromatic rings. The van der Waals surface area contributed by atoms with E-state index in [0.717, 1.165) is 16.8 Å². The van der Waals surface area contributed by atoms with E-state index in [1.807, 2.05) is 43.9 Å². The van der Waals surface area contributed by atoms with E-state index in [0.29, 0.717) is 13.1 Å². The smallest absolute Gasteiger partial charge is 0.304 e. The number of nitrogens with zero attached hydrogens (tertiary/aromatic N) is 1. The average molecular weight is 292 g/mol. The first-order chi connectivity index (χ1) is 9.86. The largest absolute Gasteiger partial charge is 0.481 e. The summed E-state index contributed by atoms with van der Waals surface area (Å²) >= 11 is 0. The van der Waals surface area contributed by atoms with Crippen molar-refractivity contribution in [1.29, 1.82) is 0 Å². The van der Waals surface area contributed by atoms with E-state index in [2.05, 4.69) is 5.32 Å². The third kappa shape index (κ3) is 4.86. The molecule has 1 atom stereocenters. The van der Waals surface area contributed by atoms with E-state index >= 15 is 0 Å². The number of carboxylic acids is 1. The van der Waals surface area contributed by atoms with Crippen LogP contribution in [0.15, 0.2) is 18.2 Å². The van der Waals surface area contributed by atoms with E-state index in [9.17, 15) is 9.59 Å². The van der Waals surface area contributed by atoms with Crippen molar-refractivity contribution in [3.8, 4) is 0 Å². The first-order valence-electron chi connectivity index (χ1n) is 7.19. The molecule has 21 heavy (non-hydrogen) atoms. The fraction of sp³-hybridized carbons (Fsp3) is 0.500. The summed E-state index contributed by atoms with van der Waals surface area (Å²) in [7, 11) is 0. The summed E-state index contributed by atoms with van der Waals surface area (Å²) in [5.74, 6) is -0.966. The molecule has 0 heterocycles. The molecule has 0 aliphatic rings. The quantitative estimate of drug-likeness (QED) is 0.810. The van der Waals surface area contributed by atoms with Gasteiger partial charge in [-0.25, -0.2) is 0 Å². The number of anilines is 1. The molecule has 0 aliphatic heterocycles. The molecule has 2 N–H and O–H groups in total. The van der Waals surface area contributed by atoms with E-state index in [-0.39, 0.29) is 18.4 Å². The van der Waals surface area contributed by atoms with Gasteiger partial charge in [0, 0.05) is 12.2 Å². The fourth-order valence-corrected chi connectivity index (χ4v) is 2.15. The predicted molar refractivity (Wildman–Crippen MR) is 83.5 cm³/mol. The summed E-state index contributed by atoms with van der Waals surface area (Å²) in [5.41, 5.74) is 2.98. The van der Waals surface area contributed by atoms with Crippen molar-refractivity contribution < 1.29 is 14.7 Å². The molecule has 0 aliphatic carbocycles. The number of likely N-dealkylation sites (N-methyl/N-ethyl adjacent to an activating group) is 1. The lowest BCUT2D eigenvalue weighted by atomic mass is 10.1. The Balaban J connectivity index is 2.72. The lowest BCUT2D eigenvalue weighted by molar-refractivity contribution is -0.138. The normalized spacial score (nSPS) is 12.2. The minimum atomic E-state index is -0.851. The Bertz CT molecular complexity index is 514. The highest BCUT2D eigenvalue weighted by atomic mass is 16.4. The number of carbonyl (C=O) groups is 2. The number of aryl methyl sites for hydroxylation is 1. The average Bonchev–Trinajstić information content (AvgIpc) is 2.44. The molecule has 1 rings (SSSR count). The molecule has 0 spiro atoms. The maximum atomic E-state index is 12.3.